The van der Waals surface area contributed by atoms with E-state index in [9.17, 15) is 9.59 Å². The molecule has 1 aromatic carbocycles. The Morgan fingerprint density at radius 3 is 2.74 bits per heavy atom. The number of ether oxygens (including phenoxy) is 1. The lowest BCUT2D eigenvalue weighted by atomic mass is 10.1. The summed E-state index contributed by atoms with van der Waals surface area (Å²) in [6.07, 6.45) is 3.03. The molecule has 0 bridgehead atoms. The number of aryl methyl sites for hydroxylation is 1. The second-order valence-corrected chi connectivity index (χ2v) is 4.90. The number of carbonyl (C=O) groups excluding carboxylic acids is 1. The average molecular weight is 318 g/mol. The fourth-order valence-electron chi connectivity index (χ4n) is 1.97. The third-order valence-corrected chi connectivity index (χ3v) is 3.15. The Balaban J connectivity index is 1.74. The van der Waals surface area contributed by atoms with E-state index in [1.807, 2.05) is 30.3 Å². The highest BCUT2D eigenvalue weighted by Gasteiger charge is 2.20. The molecule has 1 heterocycles. The molecule has 122 valence electrons. The molecule has 8 heteroatoms. The van der Waals surface area contributed by atoms with E-state index >= 15 is 0 Å². The summed E-state index contributed by atoms with van der Waals surface area (Å²) in [7, 11) is 0. The van der Waals surface area contributed by atoms with Crippen LogP contribution in [0, 0.1) is 0 Å². The number of aliphatic carboxylic acids is 1. The highest BCUT2D eigenvalue weighted by atomic mass is 16.5. The first-order valence-electron chi connectivity index (χ1n) is 7.17. The first-order valence-corrected chi connectivity index (χ1v) is 7.17. The normalized spacial score (nSPS) is 11.7. The first kappa shape index (κ1) is 16.5. The van der Waals surface area contributed by atoms with Crippen molar-refractivity contribution in [3.05, 3.63) is 48.5 Å². The van der Waals surface area contributed by atoms with Crippen molar-refractivity contribution in [3.63, 3.8) is 0 Å². The van der Waals surface area contributed by atoms with Gasteiger partial charge < -0.3 is 15.2 Å². The lowest BCUT2D eigenvalue weighted by Crippen LogP contribution is -2.41. The van der Waals surface area contributed by atoms with Crippen LogP contribution < -0.4 is 5.32 Å². The molecule has 0 saturated heterocycles. The van der Waals surface area contributed by atoms with E-state index in [0.717, 1.165) is 5.56 Å². The van der Waals surface area contributed by atoms with Gasteiger partial charge in [-0.2, -0.15) is 5.10 Å². The number of rotatable bonds is 8. The Morgan fingerprint density at radius 1 is 1.30 bits per heavy atom. The molecule has 0 spiro atoms. The van der Waals surface area contributed by atoms with Gasteiger partial charge in [-0.05, 0) is 18.4 Å². The van der Waals surface area contributed by atoms with Crippen LogP contribution in [-0.2, 0) is 22.7 Å². The second kappa shape index (κ2) is 8.52. The minimum Gasteiger partial charge on any atom is -0.480 e. The molecule has 0 aliphatic carbocycles. The van der Waals surface area contributed by atoms with Gasteiger partial charge in [0.15, 0.2) is 0 Å². The van der Waals surface area contributed by atoms with E-state index in [0.29, 0.717) is 13.0 Å². The van der Waals surface area contributed by atoms with Gasteiger partial charge in [0.1, 0.15) is 25.3 Å². The zero-order chi connectivity index (χ0) is 16.5. The smallest absolute Gasteiger partial charge is 0.408 e. The quantitative estimate of drug-likeness (QED) is 0.763. The fraction of sp³-hybridized carbons (Fsp3) is 0.333. The summed E-state index contributed by atoms with van der Waals surface area (Å²) in [6, 6.07) is 8.17. The largest absolute Gasteiger partial charge is 0.480 e. The third-order valence-electron chi connectivity index (χ3n) is 3.15. The molecule has 2 rings (SSSR count). The van der Waals surface area contributed by atoms with E-state index in [4.69, 9.17) is 9.84 Å². The van der Waals surface area contributed by atoms with E-state index in [1.165, 1.54) is 6.33 Å². The predicted molar refractivity (Wildman–Crippen MR) is 80.4 cm³/mol. The van der Waals surface area contributed by atoms with Crippen molar-refractivity contribution < 1.29 is 19.4 Å². The monoisotopic (exact) mass is 318 g/mol. The summed E-state index contributed by atoms with van der Waals surface area (Å²) >= 11 is 0. The van der Waals surface area contributed by atoms with Crippen molar-refractivity contribution in [1.29, 1.82) is 0 Å². The van der Waals surface area contributed by atoms with Gasteiger partial charge in [-0.25, -0.2) is 14.6 Å². The van der Waals surface area contributed by atoms with Crippen LogP contribution in [0.15, 0.2) is 43.0 Å². The van der Waals surface area contributed by atoms with Gasteiger partial charge in [-0.1, -0.05) is 30.3 Å². The van der Waals surface area contributed by atoms with Crippen molar-refractivity contribution >= 4 is 12.1 Å². The molecule has 8 nitrogen and oxygen atoms in total. The number of amides is 1. The topological polar surface area (TPSA) is 106 Å². The van der Waals surface area contributed by atoms with Crippen molar-refractivity contribution in [2.24, 2.45) is 0 Å². The van der Waals surface area contributed by atoms with Crippen LogP contribution in [0.4, 0.5) is 4.79 Å². The Bertz CT molecular complexity index is 616. The summed E-state index contributed by atoms with van der Waals surface area (Å²) in [5.41, 5.74) is 0.834. The number of hydrogen-bond acceptors (Lipinski definition) is 5. The third kappa shape index (κ3) is 5.77. The standard InChI is InChI=1S/C15H18N4O4/c20-14(21)13(7-4-8-19-11-16-10-17-19)18-15(22)23-9-12-5-2-1-3-6-12/h1-3,5-6,10-11,13H,4,7-9H2,(H,18,22)(H,20,21). The van der Waals surface area contributed by atoms with Crippen molar-refractivity contribution in [3.8, 4) is 0 Å². The number of benzene rings is 1. The summed E-state index contributed by atoms with van der Waals surface area (Å²) in [5.74, 6) is -1.10. The first-order chi connectivity index (χ1) is 11.1. The molecule has 1 amide bonds. The Hall–Kier alpha value is -2.90. The molecule has 1 unspecified atom stereocenters. The van der Waals surface area contributed by atoms with Gasteiger partial charge in [0.25, 0.3) is 0 Å². The van der Waals surface area contributed by atoms with Crippen LogP contribution in [-0.4, -0.2) is 38.0 Å². The lowest BCUT2D eigenvalue weighted by molar-refractivity contribution is -0.139. The van der Waals surface area contributed by atoms with E-state index in [2.05, 4.69) is 15.4 Å². The molecule has 0 saturated carbocycles. The summed E-state index contributed by atoms with van der Waals surface area (Å²) in [4.78, 5) is 26.7. The van der Waals surface area contributed by atoms with E-state index in [1.54, 1.807) is 11.0 Å². The maximum Gasteiger partial charge on any atom is 0.408 e. The molecule has 0 aliphatic rings. The van der Waals surface area contributed by atoms with Crippen LogP contribution in [0.2, 0.25) is 0 Å². The number of carbonyl (C=O) groups is 2. The summed E-state index contributed by atoms with van der Waals surface area (Å²) in [6.45, 7) is 0.627. The van der Waals surface area contributed by atoms with Crippen molar-refractivity contribution in [1.82, 2.24) is 20.1 Å². The zero-order valence-electron chi connectivity index (χ0n) is 12.5. The molecule has 0 radical (unpaired) electrons. The minimum atomic E-state index is -1.10. The molecule has 2 aromatic rings. The molecule has 2 N–H and O–H groups in total. The Kier molecular flexibility index (Phi) is 6.10. The van der Waals surface area contributed by atoms with Crippen molar-refractivity contribution in [2.45, 2.75) is 32.0 Å². The van der Waals surface area contributed by atoms with Gasteiger partial charge in [0, 0.05) is 6.54 Å². The molecule has 0 aliphatic heterocycles. The molecular formula is C15H18N4O4. The van der Waals surface area contributed by atoms with Crippen LogP contribution in [0.1, 0.15) is 18.4 Å². The molecular weight excluding hydrogens is 300 g/mol. The SMILES string of the molecule is O=C(NC(CCCn1cncn1)C(=O)O)OCc1ccccc1. The number of nitrogens with zero attached hydrogens (tertiary/aromatic N) is 3. The number of alkyl carbamates (subject to hydrolysis) is 1. The number of nitrogens with one attached hydrogen (secondary N) is 1. The second-order valence-electron chi connectivity index (χ2n) is 4.90. The van der Waals surface area contributed by atoms with Crippen LogP contribution in [0.25, 0.3) is 0 Å². The van der Waals surface area contributed by atoms with Gasteiger partial charge >= 0.3 is 12.1 Å². The molecule has 1 atom stereocenters. The van der Waals surface area contributed by atoms with Gasteiger partial charge in [-0.3, -0.25) is 4.68 Å². The highest BCUT2D eigenvalue weighted by Crippen LogP contribution is 2.03. The van der Waals surface area contributed by atoms with Crippen molar-refractivity contribution in [2.75, 3.05) is 0 Å². The average Bonchev–Trinajstić information content (AvgIpc) is 3.06. The van der Waals surface area contributed by atoms with E-state index in [-0.39, 0.29) is 13.0 Å². The molecule has 23 heavy (non-hydrogen) atoms. The Labute approximate surface area is 133 Å². The zero-order valence-corrected chi connectivity index (χ0v) is 12.5. The van der Waals surface area contributed by atoms with Gasteiger partial charge in [0.05, 0.1) is 0 Å². The highest BCUT2D eigenvalue weighted by molar-refractivity contribution is 5.79. The lowest BCUT2D eigenvalue weighted by Gasteiger charge is -2.14. The number of carboxylic acid groups (broad SMARTS) is 1. The van der Waals surface area contributed by atoms with E-state index < -0.39 is 18.1 Å². The molecule has 0 fully saturated rings. The summed E-state index contributed by atoms with van der Waals surface area (Å²) < 4.78 is 6.62. The fourth-order valence-corrected chi connectivity index (χ4v) is 1.97. The maximum absolute atomic E-state index is 11.7. The predicted octanol–water partition coefficient (Wildman–Crippen LogP) is 1.44. The van der Waals surface area contributed by atoms with Crippen LogP contribution in [0.5, 0.6) is 0 Å². The van der Waals surface area contributed by atoms with Gasteiger partial charge in [-0.15, -0.1) is 0 Å². The molecule has 1 aromatic heterocycles. The van der Waals surface area contributed by atoms with Gasteiger partial charge in [0.2, 0.25) is 0 Å². The summed E-state index contributed by atoms with van der Waals surface area (Å²) in [5, 5.41) is 15.4. The minimum absolute atomic E-state index is 0.0952. The van der Waals surface area contributed by atoms with Crippen LogP contribution in [0.3, 0.4) is 0 Å². The number of carboxylic acids is 1. The maximum atomic E-state index is 11.7. The number of hydrogen-bond donors (Lipinski definition) is 2. The Morgan fingerprint density at radius 2 is 2.09 bits per heavy atom. The van der Waals surface area contributed by atoms with Crippen LogP contribution >= 0.6 is 0 Å². The number of aromatic nitrogens is 3.